The van der Waals surface area contributed by atoms with Gasteiger partial charge in [-0.3, -0.25) is 0 Å². The van der Waals surface area contributed by atoms with Crippen molar-refractivity contribution in [3.8, 4) is 5.75 Å². The van der Waals surface area contributed by atoms with Crippen molar-refractivity contribution in [2.24, 2.45) is 0 Å². The van der Waals surface area contributed by atoms with E-state index in [1.807, 2.05) is 30.3 Å². The lowest BCUT2D eigenvalue weighted by Gasteiger charge is -2.17. The number of aryl methyl sites for hydroxylation is 2. The van der Waals surface area contributed by atoms with Gasteiger partial charge in [0.1, 0.15) is 5.75 Å². The van der Waals surface area contributed by atoms with Gasteiger partial charge >= 0.3 is 0 Å². The van der Waals surface area contributed by atoms with Crippen LogP contribution < -0.4 is 4.74 Å². The van der Waals surface area contributed by atoms with E-state index < -0.39 is 6.10 Å². The molecule has 2 nitrogen and oxygen atoms in total. The lowest BCUT2D eigenvalue weighted by molar-refractivity contribution is 0.173. The number of para-hydroxylation sites is 1. The van der Waals surface area contributed by atoms with Crippen LogP contribution in [0, 0.1) is 13.8 Å². The van der Waals surface area contributed by atoms with Gasteiger partial charge in [0.25, 0.3) is 0 Å². The Morgan fingerprint density at radius 2 is 1.63 bits per heavy atom. The second-order valence-electron chi connectivity index (χ2n) is 4.83. The summed E-state index contributed by atoms with van der Waals surface area (Å²) < 4.78 is 5.30. The molecular weight excluding hydrogens is 236 g/mol. The first-order valence-electron chi connectivity index (χ1n) is 6.49. The Labute approximate surface area is 114 Å². The molecule has 0 fully saturated rings. The first-order chi connectivity index (χ1) is 9.13. The number of ether oxygens (including phenoxy) is 1. The second kappa shape index (κ2) is 5.89. The number of hydrogen-bond acceptors (Lipinski definition) is 2. The molecule has 0 radical (unpaired) electrons. The van der Waals surface area contributed by atoms with Crippen LogP contribution in [0.2, 0.25) is 0 Å². The van der Waals surface area contributed by atoms with Crippen molar-refractivity contribution in [2.75, 3.05) is 7.11 Å². The topological polar surface area (TPSA) is 29.5 Å². The van der Waals surface area contributed by atoms with E-state index in [0.717, 1.165) is 11.3 Å². The zero-order chi connectivity index (χ0) is 13.8. The normalized spacial score (nSPS) is 12.2. The van der Waals surface area contributed by atoms with Gasteiger partial charge in [-0.1, -0.05) is 36.4 Å². The third-order valence-corrected chi connectivity index (χ3v) is 3.54. The van der Waals surface area contributed by atoms with Crippen LogP contribution in [0.1, 0.15) is 28.4 Å². The van der Waals surface area contributed by atoms with E-state index in [2.05, 4.69) is 26.0 Å². The van der Waals surface area contributed by atoms with E-state index >= 15 is 0 Å². The molecular formula is C17H20O2. The Bertz CT molecular complexity index is 541. The maximum absolute atomic E-state index is 10.5. The number of rotatable bonds is 4. The number of aliphatic hydroxyl groups excluding tert-OH is 1. The monoisotopic (exact) mass is 256 g/mol. The third kappa shape index (κ3) is 2.96. The molecule has 2 heteroatoms. The van der Waals surface area contributed by atoms with Crippen molar-refractivity contribution in [3.05, 3.63) is 64.7 Å². The first kappa shape index (κ1) is 13.6. The van der Waals surface area contributed by atoms with Crippen LogP contribution in [0.3, 0.4) is 0 Å². The molecule has 0 saturated heterocycles. The minimum absolute atomic E-state index is 0.545. The van der Waals surface area contributed by atoms with Crippen LogP contribution in [0.25, 0.3) is 0 Å². The Hall–Kier alpha value is -1.80. The van der Waals surface area contributed by atoms with E-state index in [4.69, 9.17) is 4.74 Å². The van der Waals surface area contributed by atoms with Gasteiger partial charge in [-0.25, -0.2) is 0 Å². The summed E-state index contributed by atoms with van der Waals surface area (Å²) in [5.41, 5.74) is 4.48. The molecule has 1 atom stereocenters. The van der Waals surface area contributed by atoms with Crippen LogP contribution in [-0.4, -0.2) is 12.2 Å². The summed E-state index contributed by atoms with van der Waals surface area (Å²) in [4.78, 5) is 0. The van der Waals surface area contributed by atoms with Crippen LogP contribution in [0.4, 0.5) is 0 Å². The van der Waals surface area contributed by atoms with E-state index in [1.165, 1.54) is 16.7 Å². The molecule has 0 aliphatic rings. The summed E-state index contributed by atoms with van der Waals surface area (Å²) in [5, 5.41) is 10.5. The Balaban J connectivity index is 2.28. The van der Waals surface area contributed by atoms with Crippen molar-refractivity contribution in [1.82, 2.24) is 0 Å². The molecule has 100 valence electrons. The number of methoxy groups -OCH3 is 1. The molecule has 0 saturated carbocycles. The van der Waals surface area contributed by atoms with Crippen LogP contribution >= 0.6 is 0 Å². The molecule has 1 N–H and O–H groups in total. The first-order valence-corrected chi connectivity index (χ1v) is 6.49. The van der Waals surface area contributed by atoms with Gasteiger partial charge in [0.05, 0.1) is 13.2 Å². The van der Waals surface area contributed by atoms with E-state index in [0.29, 0.717) is 6.42 Å². The van der Waals surface area contributed by atoms with Crippen molar-refractivity contribution in [1.29, 1.82) is 0 Å². The van der Waals surface area contributed by atoms with Crippen LogP contribution in [0.5, 0.6) is 5.75 Å². The smallest absolute Gasteiger partial charge is 0.124 e. The summed E-state index contributed by atoms with van der Waals surface area (Å²) in [6.45, 7) is 4.16. The summed E-state index contributed by atoms with van der Waals surface area (Å²) in [7, 11) is 1.63. The highest BCUT2D eigenvalue weighted by Crippen LogP contribution is 2.28. The lowest BCUT2D eigenvalue weighted by Crippen LogP contribution is -2.06. The largest absolute Gasteiger partial charge is 0.496 e. The lowest BCUT2D eigenvalue weighted by atomic mass is 9.94. The zero-order valence-corrected chi connectivity index (χ0v) is 11.7. The number of benzene rings is 2. The molecule has 2 aromatic rings. The molecule has 0 heterocycles. The average molecular weight is 256 g/mol. The average Bonchev–Trinajstić information content (AvgIpc) is 2.42. The molecule has 0 aromatic heterocycles. The van der Waals surface area contributed by atoms with Gasteiger partial charge in [0.2, 0.25) is 0 Å². The standard InChI is InChI=1S/C17H20O2/c1-12-7-6-8-13(2)15(12)11-16(18)14-9-4-5-10-17(14)19-3/h4-10,16,18H,11H2,1-3H3. The molecule has 1 unspecified atom stereocenters. The summed E-state index contributed by atoms with van der Waals surface area (Å²) in [6, 6.07) is 13.8. The fraction of sp³-hybridized carbons (Fsp3) is 0.294. The van der Waals surface area contributed by atoms with Crippen molar-refractivity contribution < 1.29 is 9.84 Å². The highest BCUT2D eigenvalue weighted by atomic mass is 16.5. The fourth-order valence-corrected chi connectivity index (χ4v) is 2.42. The molecule has 0 aliphatic carbocycles. The maximum Gasteiger partial charge on any atom is 0.124 e. The summed E-state index contributed by atoms with van der Waals surface area (Å²) >= 11 is 0. The quantitative estimate of drug-likeness (QED) is 0.906. The highest BCUT2D eigenvalue weighted by molar-refractivity contribution is 5.39. The Kier molecular flexibility index (Phi) is 4.23. The summed E-state index contributed by atoms with van der Waals surface area (Å²) in [6.07, 6.45) is 0.0646. The zero-order valence-electron chi connectivity index (χ0n) is 11.7. The predicted molar refractivity (Wildman–Crippen MR) is 77.6 cm³/mol. The molecule has 0 spiro atoms. The molecule has 2 rings (SSSR count). The van der Waals surface area contributed by atoms with Gasteiger partial charge in [0, 0.05) is 12.0 Å². The van der Waals surface area contributed by atoms with Crippen molar-refractivity contribution in [3.63, 3.8) is 0 Å². The molecule has 2 aromatic carbocycles. The van der Waals surface area contributed by atoms with E-state index in [-0.39, 0.29) is 0 Å². The number of aliphatic hydroxyl groups is 1. The third-order valence-electron chi connectivity index (χ3n) is 3.54. The minimum Gasteiger partial charge on any atom is -0.496 e. The van der Waals surface area contributed by atoms with Gasteiger partial charge in [-0.05, 0) is 36.6 Å². The SMILES string of the molecule is COc1ccccc1C(O)Cc1c(C)cccc1C. The van der Waals surface area contributed by atoms with Crippen LogP contribution in [0.15, 0.2) is 42.5 Å². The maximum atomic E-state index is 10.5. The molecule has 0 aliphatic heterocycles. The second-order valence-corrected chi connectivity index (χ2v) is 4.83. The molecule has 0 bridgehead atoms. The van der Waals surface area contributed by atoms with E-state index in [1.54, 1.807) is 7.11 Å². The fourth-order valence-electron chi connectivity index (χ4n) is 2.42. The summed E-state index contributed by atoms with van der Waals surface area (Å²) in [5.74, 6) is 0.737. The molecule has 0 amide bonds. The van der Waals surface area contributed by atoms with Crippen molar-refractivity contribution >= 4 is 0 Å². The van der Waals surface area contributed by atoms with E-state index in [9.17, 15) is 5.11 Å². The van der Waals surface area contributed by atoms with Gasteiger partial charge in [-0.2, -0.15) is 0 Å². The van der Waals surface area contributed by atoms with Gasteiger partial charge < -0.3 is 9.84 Å². The van der Waals surface area contributed by atoms with Gasteiger partial charge in [0.15, 0.2) is 0 Å². The molecule has 19 heavy (non-hydrogen) atoms. The van der Waals surface area contributed by atoms with Gasteiger partial charge in [-0.15, -0.1) is 0 Å². The minimum atomic E-state index is -0.545. The number of hydrogen-bond donors (Lipinski definition) is 1. The Morgan fingerprint density at radius 1 is 1.00 bits per heavy atom. The predicted octanol–water partition coefficient (Wildman–Crippen LogP) is 3.59. The highest BCUT2D eigenvalue weighted by Gasteiger charge is 2.15. The van der Waals surface area contributed by atoms with Crippen LogP contribution in [-0.2, 0) is 6.42 Å². The van der Waals surface area contributed by atoms with Crippen molar-refractivity contribution in [2.45, 2.75) is 26.4 Å². The Morgan fingerprint density at radius 3 is 2.26 bits per heavy atom.